The maximum Gasteiger partial charge on any atom is 0.0370 e. The smallest absolute Gasteiger partial charge is 0.0370 e. The number of nitrogens with one attached hydrogen (secondary N) is 1. The predicted molar refractivity (Wildman–Crippen MR) is 69.9 cm³/mol. The number of para-hydroxylation sites is 1. The standard InChI is InChI=1S/C14H22N2/c1-14(2)9-12(10-15-3)11-16(14)13-7-5-4-6-8-13/h4-8,12,15H,9-11H2,1-3H3. The van der Waals surface area contributed by atoms with Gasteiger partial charge in [-0.3, -0.25) is 0 Å². The van der Waals surface area contributed by atoms with Gasteiger partial charge in [0.2, 0.25) is 0 Å². The third-order valence-electron chi connectivity index (χ3n) is 3.52. The second-order valence-electron chi connectivity index (χ2n) is 5.39. The fourth-order valence-corrected chi connectivity index (χ4v) is 2.87. The lowest BCUT2D eigenvalue weighted by Gasteiger charge is -2.33. The minimum Gasteiger partial charge on any atom is -0.366 e. The van der Waals surface area contributed by atoms with Crippen LogP contribution in [0.2, 0.25) is 0 Å². The van der Waals surface area contributed by atoms with Crippen molar-refractivity contribution in [1.82, 2.24) is 5.32 Å². The van der Waals surface area contributed by atoms with Crippen LogP contribution in [-0.4, -0.2) is 25.7 Å². The first-order valence-electron chi connectivity index (χ1n) is 6.11. The van der Waals surface area contributed by atoms with E-state index in [0.29, 0.717) is 0 Å². The minimum absolute atomic E-state index is 0.281. The molecular weight excluding hydrogens is 196 g/mol. The molecule has 1 N–H and O–H groups in total. The molecule has 1 fully saturated rings. The number of nitrogens with zero attached hydrogens (tertiary/aromatic N) is 1. The van der Waals surface area contributed by atoms with Crippen molar-refractivity contribution < 1.29 is 0 Å². The average Bonchev–Trinajstić information content (AvgIpc) is 2.55. The first kappa shape index (κ1) is 11.5. The molecule has 1 aromatic rings. The third-order valence-corrected chi connectivity index (χ3v) is 3.52. The quantitative estimate of drug-likeness (QED) is 0.838. The van der Waals surface area contributed by atoms with E-state index in [0.717, 1.165) is 19.0 Å². The van der Waals surface area contributed by atoms with Gasteiger partial charge in [-0.2, -0.15) is 0 Å². The van der Waals surface area contributed by atoms with Crippen LogP contribution in [0.5, 0.6) is 0 Å². The Hall–Kier alpha value is -1.02. The Kier molecular flexibility index (Phi) is 3.20. The van der Waals surface area contributed by atoms with Gasteiger partial charge in [0.25, 0.3) is 0 Å². The molecule has 1 atom stereocenters. The molecule has 0 bridgehead atoms. The zero-order chi connectivity index (χ0) is 11.6. The summed E-state index contributed by atoms with van der Waals surface area (Å²) in [6.45, 7) is 6.97. The molecule has 2 rings (SSSR count). The van der Waals surface area contributed by atoms with Gasteiger partial charge in [0, 0.05) is 17.8 Å². The normalized spacial score (nSPS) is 23.7. The number of benzene rings is 1. The average molecular weight is 218 g/mol. The summed E-state index contributed by atoms with van der Waals surface area (Å²) >= 11 is 0. The lowest BCUT2D eigenvalue weighted by Crippen LogP contribution is -2.38. The third kappa shape index (κ3) is 2.22. The van der Waals surface area contributed by atoms with Crippen LogP contribution in [0, 0.1) is 5.92 Å². The van der Waals surface area contributed by atoms with Gasteiger partial charge in [-0.25, -0.2) is 0 Å². The summed E-state index contributed by atoms with van der Waals surface area (Å²) in [5, 5.41) is 3.29. The molecule has 1 heterocycles. The molecule has 16 heavy (non-hydrogen) atoms. The van der Waals surface area contributed by atoms with Gasteiger partial charge in [-0.15, -0.1) is 0 Å². The Bertz CT molecular complexity index is 332. The van der Waals surface area contributed by atoms with E-state index < -0.39 is 0 Å². The van der Waals surface area contributed by atoms with Crippen molar-refractivity contribution in [3.8, 4) is 0 Å². The van der Waals surface area contributed by atoms with Crippen molar-refractivity contribution in [3.05, 3.63) is 30.3 Å². The second-order valence-corrected chi connectivity index (χ2v) is 5.39. The van der Waals surface area contributed by atoms with Gasteiger partial charge in [-0.05, 0) is 51.9 Å². The van der Waals surface area contributed by atoms with Gasteiger partial charge in [-0.1, -0.05) is 18.2 Å². The largest absolute Gasteiger partial charge is 0.366 e. The van der Waals surface area contributed by atoms with Crippen LogP contribution in [-0.2, 0) is 0 Å². The van der Waals surface area contributed by atoms with E-state index in [2.05, 4.69) is 54.4 Å². The molecule has 2 nitrogen and oxygen atoms in total. The summed E-state index contributed by atoms with van der Waals surface area (Å²) in [6, 6.07) is 10.7. The Morgan fingerprint density at radius 1 is 1.31 bits per heavy atom. The van der Waals surface area contributed by atoms with E-state index in [1.807, 2.05) is 7.05 Å². The predicted octanol–water partition coefficient (Wildman–Crippen LogP) is 2.51. The first-order chi connectivity index (χ1) is 7.63. The van der Waals surface area contributed by atoms with Crippen molar-refractivity contribution >= 4 is 5.69 Å². The van der Waals surface area contributed by atoms with Gasteiger partial charge in [0.1, 0.15) is 0 Å². The van der Waals surface area contributed by atoms with Crippen molar-refractivity contribution in [2.24, 2.45) is 5.92 Å². The van der Waals surface area contributed by atoms with Crippen LogP contribution in [0.25, 0.3) is 0 Å². The van der Waals surface area contributed by atoms with Crippen LogP contribution in [0.15, 0.2) is 30.3 Å². The first-order valence-corrected chi connectivity index (χ1v) is 6.11. The lowest BCUT2D eigenvalue weighted by atomic mass is 9.96. The fraction of sp³-hybridized carbons (Fsp3) is 0.571. The Morgan fingerprint density at radius 2 is 2.00 bits per heavy atom. The molecular formula is C14H22N2. The van der Waals surface area contributed by atoms with Crippen LogP contribution >= 0.6 is 0 Å². The lowest BCUT2D eigenvalue weighted by molar-refractivity contribution is 0.462. The summed E-state index contributed by atoms with van der Waals surface area (Å²) in [5.74, 6) is 0.764. The molecule has 0 aromatic heterocycles. The SMILES string of the molecule is CNCC1CN(c2ccccc2)C(C)(C)C1. The number of rotatable bonds is 3. The zero-order valence-electron chi connectivity index (χ0n) is 10.5. The maximum absolute atomic E-state index is 3.29. The minimum atomic E-state index is 0.281. The van der Waals surface area contributed by atoms with Crippen molar-refractivity contribution in [1.29, 1.82) is 0 Å². The van der Waals surface area contributed by atoms with Crippen molar-refractivity contribution in [3.63, 3.8) is 0 Å². The fourth-order valence-electron chi connectivity index (χ4n) is 2.87. The molecule has 1 aliphatic heterocycles. The number of hydrogen-bond donors (Lipinski definition) is 1. The highest BCUT2D eigenvalue weighted by Gasteiger charge is 2.37. The van der Waals surface area contributed by atoms with Gasteiger partial charge >= 0.3 is 0 Å². The van der Waals surface area contributed by atoms with Crippen molar-refractivity contribution in [2.75, 3.05) is 25.0 Å². The van der Waals surface area contributed by atoms with Crippen LogP contribution in [0.3, 0.4) is 0 Å². The van der Waals surface area contributed by atoms with E-state index in [1.165, 1.54) is 12.1 Å². The molecule has 0 amide bonds. The molecule has 0 spiro atoms. The molecule has 2 heteroatoms. The molecule has 1 unspecified atom stereocenters. The topological polar surface area (TPSA) is 15.3 Å². The van der Waals surface area contributed by atoms with Crippen molar-refractivity contribution in [2.45, 2.75) is 25.8 Å². The molecule has 88 valence electrons. The van der Waals surface area contributed by atoms with E-state index in [-0.39, 0.29) is 5.54 Å². The summed E-state index contributed by atoms with van der Waals surface area (Å²) in [4.78, 5) is 2.54. The highest BCUT2D eigenvalue weighted by atomic mass is 15.2. The molecule has 0 radical (unpaired) electrons. The van der Waals surface area contributed by atoms with Gasteiger partial charge in [0.15, 0.2) is 0 Å². The summed E-state index contributed by atoms with van der Waals surface area (Å²) < 4.78 is 0. The van der Waals surface area contributed by atoms with E-state index >= 15 is 0 Å². The van der Waals surface area contributed by atoms with E-state index in [4.69, 9.17) is 0 Å². The monoisotopic (exact) mass is 218 g/mol. The van der Waals surface area contributed by atoms with Crippen LogP contribution in [0.4, 0.5) is 5.69 Å². The van der Waals surface area contributed by atoms with Crippen LogP contribution < -0.4 is 10.2 Å². The Morgan fingerprint density at radius 3 is 2.62 bits per heavy atom. The van der Waals surface area contributed by atoms with E-state index in [9.17, 15) is 0 Å². The van der Waals surface area contributed by atoms with Gasteiger partial charge in [0.05, 0.1) is 0 Å². The zero-order valence-corrected chi connectivity index (χ0v) is 10.5. The van der Waals surface area contributed by atoms with Crippen LogP contribution in [0.1, 0.15) is 20.3 Å². The molecule has 1 aromatic carbocycles. The molecule has 1 saturated heterocycles. The summed E-state index contributed by atoms with van der Waals surface area (Å²) in [7, 11) is 2.04. The highest BCUT2D eigenvalue weighted by Crippen LogP contribution is 2.36. The Balaban J connectivity index is 2.16. The number of hydrogen-bond acceptors (Lipinski definition) is 2. The van der Waals surface area contributed by atoms with E-state index in [1.54, 1.807) is 0 Å². The summed E-state index contributed by atoms with van der Waals surface area (Å²) in [6.07, 6.45) is 1.27. The molecule has 0 aliphatic carbocycles. The van der Waals surface area contributed by atoms with Gasteiger partial charge < -0.3 is 10.2 Å². The maximum atomic E-state index is 3.29. The summed E-state index contributed by atoms with van der Waals surface area (Å²) in [5.41, 5.74) is 1.63. The highest BCUT2D eigenvalue weighted by molar-refractivity contribution is 5.50. The number of anilines is 1. The Labute approximate surface area is 98.7 Å². The molecule has 1 aliphatic rings. The molecule has 0 saturated carbocycles. The second kappa shape index (κ2) is 4.46.